The van der Waals surface area contributed by atoms with Crippen LogP contribution in [-0.4, -0.2) is 28.6 Å². The Hall–Kier alpha value is -0.550. The van der Waals surface area contributed by atoms with E-state index in [1.165, 1.54) is 6.08 Å². The molecule has 5 heteroatoms. The number of hydrogen-bond acceptors (Lipinski definition) is 2. The van der Waals surface area contributed by atoms with Gasteiger partial charge in [-0.3, -0.25) is 0 Å². The zero-order chi connectivity index (χ0) is 14.2. The predicted octanol–water partition coefficient (Wildman–Crippen LogP) is 3.04. The molecule has 106 valence electrons. The van der Waals surface area contributed by atoms with E-state index in [4.69, 9.17) is 5.11 Å². The minimum absolute atomic E-state index is 0.0393. The van der Waals surface area contributed by atoms with E-state index in [9.17, 15) is 18.3 Å². The monoisotopic (exact) mass is 266 g/mol. The average molecular weight is 266 g/mol. The third kappa shape index (κ3) is 2.88. The molecule has 0 aromatic heterocycles. The summed E-state index contributed by atoms with van der Waals surface area (Å²) in [7, 11) is 0. The van der Waals surface area contributed by atoms with E-state index in [0.717, 1.165) is 0 Å². The molecular formula is C13H21F3O2. The first-order valence-corrected chi connectivity index (χ1v) is 6.12. The van der Waals surface area contributed by atoms with Crippen molar-refractivity contribution in [2.24, 2.45) is 11.3 Å². The molecule has 1 aliphatic rings. The molecule has 0 radical (unpaired) electrons. The highest BCUT2D eigenvalue weighted by Gasteiger charge is 2.56. The lowest BCUT2D eigenvalue weighted by Crippen LogP contribution is -2.50. The lowest BCUT2D eigenvalue weighted by Gasteiger charge is -2.38. The molecule has 2 N–H and O–H groups in total. The van der Waals surface area contributed by atoms with Crippen LogP contribution in [0.15, 0.2) is 11.6 Å². The highest BCUT2D eigenvalue weighted by Crippen LogP contribution is 2.44. The first-order chi connectivity index (χ1) is 8.02. The Bertz CT molecular complexity index is 328. The summed E-state index contributed by atoms with van der Waals surface area (Å²) in [5.41, 5.74) is -3.13. The van der Waals surface area contributed by atoms with Crippen molar-refractivity contribution in [3.63, 3.8) is 0 Å². The second-order valence-corrected chi connectivity index (χ2v) is 6.08. The number of aliphatic hydroxyl groups is 2. The van der Waals surface area contributed by atoms with Gasteiger partial charge in [-0.25, -0.2) is 0 Å². The highest BCUT2D eigenvalue weighted by atomic mass is 19.4. The molecule has 0 aromatic carbocycles. The van der Waals surface area contributed by atoms with Gasteiger partial charge in [-0.1, -0.05) is 26.8 Å². The summed E-state index contributed by atoms with van der Waals surface area (Å²) < 4.78 is 38.3. The predicted molar refractivity (Wildman–Crippen MR) is 63.0 cm³/mol. The summed E-state index contributed by atoms with van der Waals surface area (Å²) in [6.07, 6.45) is -2.09. The van der Waals surface area contributed by atoms with Gasteiger partial charge in [-0.2, -0.15) is 13.2 Å². The summed E-state index contributed by atoms with van der Waals surface area (Å²) in [5, 5.41) is 18.5. The van der Waals surface area contributed by atoms with Gasteiger partial charge in [-0.05, 0) is 36.2 Å². The maximum atomic E-state index is 12.8. The molecule has 0 aliphatic heterocycles. The summed E-state index contributed by atoms with van der Waals surface area (Å²) in [4.78, 5) is 0. The standard InChI is InChI=1S/C13H21F3O2/c1-11(2,3)9-4-6-10(7-5-9)12(18,8-17)13(14,15)16/h6,9,17-18H,4-5,7-8H2,1-3H3. The summed E-state index contributed by atoms with van der Waals surface area (Å²) in [6, 6.07) is 0. The van der Waals surface area contributed by atoms with Crippen molar-refractivity contribution < 1.29 is 23.4 Å². The van der Waals surface area contributed by atoms with Crippen molar-refractivity contribution in [2.45, 2.75) is 51.8 Å². The van der Waals surface area contributed by atoms with E-state index < -0.39 is 18.4 Å². The van der Waals surface area contributed by atoms with Crippen LogP contribution in [0.5, 0.6) is 0 Å². The first-order valence-electron chi connectivity index (χ1n) is 6.12. The van der Waals surface area contributed by atoms with E-state index >= 15 is 0 Å². The molecule has 0 bridgehead atoms. The quantitative estimate of drug-likeness (QED) is 0.754. The van der Waals surface area contributed by atoms with E-state index in [-0.39, 0.29) is 17.4 Å². The molecule has 1 rings (SSSR count). The Kier molecular flexibility index (Phi) is 4.18. The largest absolute Gasteiger partial charge is 0.423 e. The molecule has 0 aromatic rings. The Morgan fingerprint density at radius 3 is 2.11 bits per heavy atom. The minimum atomic E-state index is -4.83. The van der Waals surface area contributed by atoms with Crippen LogP contribution in [0.3, 0.4) is 0 Å². The molecule has 0 heterocycles. The van der Waals surface area contributed by atoms with E-state index in [0.29, 0.717) is 18.8 Å². The van der Waals surface area contributed by atoms with Crippen molar-refractivity contribution in [3.8, 4) is 0 Å². The van der Waals surface area contributed by atoms with Gasteiger partial charge < -0.3 is 10.2 Å². The van der Waals surface area contributed by atoms with Gasteiger partial charge in [-0.15, -0.1) is 0 Å². The number of rotatable bonds is 2. The topological polar surface area (TPSA) is 40.5 Å². The van der Waals surface area contributed by atoms with Gasteiger partial charge in [0.05, 0.1) is 6.61 Å². The normalized spacial score (nSPS) is 25.6. The maximum absolute atomic E-state index is 12.8. The third-order valence-electron chi connectivity index (χ3n) is 3.86. The van der Waals surface area contributed by atoms with Crippen LogP contribution < -0.4 is 0 Å². The molecule has 0 spiro atoms. The fourth-order valence-corrected chi connectivity index (χ4v) is 2.37. The molecule has 1 aliphatic carbocycles. The fourth-order valence-electron chi connectivity index (χ4n) is 2.37. The molecular weight excluding hydrogens is 245 g/mol. The Morgan fingerprint density at radius 1 is 1.28 bits per heavy atom. The first kappa shape index (κ1) is 15.5. The molecule has 0 saturated heterocycles. The van der Waals surface area contributed by atoms with Gasteiger partial charge in [0.25, 0.3) is 0 Å². The molecule has 2 nitrogen and oxygen atoms in total. The van der Waals surface area contributed by atoms with Gasteiger partial charge >= 0.3 is 6.18 Å². The van der Waals surface area contributed by atoms with Crippen LogP contribution in [0.4, 0.5) is 13.2 Å². The zero-order valence-electron chi connectivity index (χ0n) is 11.0. The Balaban J connectivity index is 2.91. The average Bonchev–Trinajstić information content (AvgIpc) is 2.25. The number of alkyl halides is 3. The molecule has 0 amide bonds. The second-order valence-electron chi connectivity index (χ2n) is 6.08. The van der Waals surface area contributed by atoms with Crippen LogP contribution in [-0.2, 0) is 0 Å². The van der Waals surface area contributed by atoms with Crippen molar-refractivity contribution in [1.29, 1.82) is 0 Å². The van der Waals surface area contributed by atoms with E-state index in [1.54, 1.807) is 0 Å². The van der Waals surface area contributed by atoms with Gasteiger partial charge in [0.15, 0.2) is 0 Å². The number of allylic oxidation sites excluding steroid dienone is 1. The SMILES string of the molecule is CC(C)(C)C1CC=C(C(O)(CO)C(F)(F)F)CC1. The number of halogens is 3. The third-order valence-corrected chi connectivity index (χ3v) is 3.86. The lowest BCUT2D eigenvalue weighted by atomic mass is 9.71. The lowest BCUT2D eigenvalue weighted by molar-refractivity contribution is -0.255. The van der Waals surface area contributed by atoms with Crippen LogP contribution in [0, 0.1) is 11.3 Å². The fraction of sp³-hybridized carbons (Fsp3) is 0.846. The second kappa shape index (κ2) is 4.85. The summed E-state index contributed by atoms with van der Waals surface area (Å²) >= 11 is 0. The van der Waals surface area contributed by atoms with Crippen LogP contribution in [0.1, 0.15) is 40.0 Å². The Morgan fingerprint density at radius 2 is 1.83 bits per heavy atom. The van der Waals surface area contributed by atoms with Crippen molar-refractivity contribution >= 4 is 0 Å². The molecule has 18 heavy (non-hydrogen) atoms. The van der Waals surface area contributed by atoms with Gasteiger partial charge in [0, 0.05) is 0 Å². The van der Waals surface area contributed by atoms with Gasteiger partial charge in [0.2, 0.25) is 5.60 Å². The number of hydrogen-bond donors (Lipinski definition) is 2. The van der Waals surface area contributed by atoms with Crippen molar-refractivity contribution in [3.05, 3.63) is 11.6 Å². The van der Waals surface area contributed by atoms with Gasteiger partial charge in [0.1, 0.15) is 0 Å². The zero-order valence-corrected chi connectivity index (χ0v) is 11.0. The molecule has 0 saturated carbocycles. The van der Waals surface area contributed by atoms with Crippen LogP contribution in [0.2, 0.25) is 0 Å². The van der Waals surface area contributed by atoms with Crippen LogP contribution in [0.25, 0.3) is 0 Å². The molecule has 2 atom stereocenters. The Labute approximate surface area is 106 Å². The minimum Gasteiger partial charge on any atom is -0.393 e. The summed E-state index contributed by atoms with van der Waals surface area (Å²) in [6.45, 7) is 4.85. The summed E-state index contributed by atoms with van der Waals surface area (Å²) in [5.74, 6) is 0.303. The van der Waals surface area contributed by atoms with E-state index in [1.807, 2.05) is 0 Å². The maximum Gasteiger partial charge on any atom is 0.423 e. The van der Waals surface area contributed by atoms with Crippen molar-refractivity contribution in [2.75, 3.05) is 6.61 Å². The van der Waals surface area contributed by atoms with Crippen LogP contribution >= 0.6 is 0 Å². The molecule has 0 fully saturated rings. The molecule has 2 unspecified atom stereocenters. The van der Waals surface area contributed by atoms with E-state index in [2.05, 4.69) is 20.8 Å². The smallest absolute Gasteiger partial charge is 0.393 e. The highest BCUT2D eigenvalue weighted by molar-refractivity contribution is 5.22. The van der Waals surface area contributed by atoms with Crippen molar-refractivity contribution in [1.82, 2.24) is 0 Å². The number of aliphatic hydroxyl groups excluding tert-OH is 1.